The van der Waals surface area contributed by atoms with Gasteiger partial charge in [-0.05, 0) is 19.1 Å². The Hall–Kier alpha value is -1.50. The van der Waals surface area contributed by atoms with Gasteiger partial charge in [0.1, 0.15) is 0 Å². The minimum atomic E-state index is -0.559. The molecule has 0 N–H and O–H groups in total. The highest BCUT2D eigenvalue weighted by Crippen LogP contribution is 2.18. The van der Waals surface area contributed by atoms with Crippen LogP contribution in [0.25, 0.3) is 0 Å². The quantitative estimate of drug-likeness (QED) is 0.249. The Balaban J connectivity index is 2.93. The number of hydrogen-bond acceptors (Lipinski definition) is 6. The first-order valence-corrected chi connectivity index (χ1v) is 6.75. The summed E-state index contributed by atoms with van der Waals surface area (Å²) in [7, 11) is 1.25. The van der Waals surface area contributed by atoms with Crippen LogP contribution in [0.5, 0.6) is 0 Å². The third-order valence-electron chi connectivity index (χ3n) is 2.55. The molecule has 100 valence electrons. The maximum Gasteiger partial charge on any atom is 0.344 e. The zero-order chi connectivity index (χ0) is 13.5. The molecular formula is C11H16N2O4S. The Morgan fingerprint density at radius 2 is 2.06 bits per heavy atom. The fourth-order valence-corrected chi connectivity index (χ4v) is 2.12. The van der Waals surface area contributed by atoms with Gasteiger partial charge in [-0.15, -0.1) is 11.8 Å². The Morgan fingerprint density at radius 1 is 1.44 bits per heavy atom. The summed E-state index contributed by atoms with van der Waals surface area (Å²) in [6.45, 7) is 1.63. The van der Waals surface area contributed by atoms with Crippen molar-refractivity contribution in [2.45, 2.75) is 12.8 Å². The van der Waals surface area contributed by atoms with Crippen molar-refractivity contribution >= 4 is 17.7 Å². The molecule has 0 unspecified atom stereocenters. The molecule has 0 bridgehead atoms. The molecule has 7 heteroatoms. The van der Waals surface area contributed by atoms with Crippen molar-refractivity contribution in [3.05, 3.63) is 33.0 Å². The van der Waals surface area contributed by atoms with Crippen molar-refractivity contribution in [3.8, 4) is 0 Å². The highest BCUT2D eigenvalue weighted by molar-refractivity contribution is 8.03. The summed E-state index contributed by atoms with van der Waals surface area (Å²) in [6.07, 6.45) is 6.51. The molecule has 6 nitrogen and oxygen atoms in total. The van der Waals surface area contributed by atoms with Gasteiger partial charge >= 0.3 is 5.97 Å². The molecular weight excluding hydrogens is 256 g/mol. The van der Waals surface area contributed by atoms with E-state index in [2.05, 4.69) is 4.74 Å². The minimum absolute atomic E-state index is 0.0911. The number of nitrogens with zero attached hydrogens (tertiary/aromatic N) is 2. The van der Waals surface area contributed by atoms with E-state index in [1.54, 1.807) is 6.26 Å². The summed E-state index contributed by atoms with van der Waals surface area (Å²) >= 11 is 1.13. The number of hydrogen-bond donors (Lipinski definition) is 0. The summed E-state index contributed by atoms with van der Waals surface area (Å²) in [4.78, 5) is 23.9. The van der Waals surface area contributed by atoms with Crippen molar-refractivity contribution in [1.29, 1.82) is 0 Å². The van der Waals surface area contributed by atoms with E-state index < -0.39 is 10.9 Å². The first kappa shape index (κ1) is 14.6. The van der Waals surface area contributed by atoms with Crippen LogP contribution in [0.1, 0.15) is 12.8 Å². The van der Waals surface area contributed by atoms with E-state index in [1.807, 2.05) is 4.90 Å². The summed E-state index contributed by atoms with van der Waals surface area (Å²) < 4.78 is 4.56. The molecule has 0 aromatic rings. The Labute approximate surface area is 110 Å². The number of carbonyl (C=O) groups is 1. The maximum absolute atomic E-state index is 11.4. The predicted octanol–water partition coefficient (Wildman–Crippen LogP) is 1.62. The first-order valence-electron chi connectivity index (χ1n) is 5.52. The fraction of sp³-hybridized carbons (Fsp3) is 0.545. The standard InChI is InChI=1S/C11H16N2O4S/c1-17-11(14)10(18-2)7-9(13(15)16)8-12-5-3-4-6-12/h7-8H,3-6H2,1-2H3/b9-8+,10-7-. The molecule has 0 amide bonds. The number of carbonyl (C=O) groups excluding carboxylic acids is 1. The molecule has 1 aliphatic rings. The van der Waals surface area contributed by atoms with Gasteiger partial charge in [-0.2, -0.15) is 0 Å². The van der Waals surface area contributed by atoms with Crippen LogP contribution in [0, 0.1) is 10.1 Å². The lowest BCUT2D eigenvalue weighted by atomic mass is 10.4. The zero-order valence-electron chi connectivity index (χ0n) is 10.4. The van der Waals surface area contributed by atoms with E-state index in [-0.39, 0.29) is 10.6 Å². The third kappa shape index (κ3) is 4.06. The lowest BCUT2D eigenvalue weighted by molar-refractivity contribution is -0.420. The Morgan fingerprint density at radius 3 is 2.50 bits per heavy atom. The monoisotopic (exact) mass is 272 g/mol. The van der Waals surface area contributed by atoms with Crippen molar-refractivity contribution < 1.29 is 14.5 Å². The molecule has 18 heavy (non-hydrogen) atoms. The number of likely N-dealkylation sites (tertiary alicyclic amines) is 1. The van der Waals surface area contributed by atoms with Gasteiger partial charge in [0.2, 0.25) is 0 Å². The number of rotatable bonds is 5. The first-order chi connectivity index (χ1) is 8.58. The van der Waals surface area contributed by atoms with Gasteiger partial charge in [-0.25, -0.2) is 4.79 Å². The molecule has 0 spiro atoms. The topological polar surface area (TPSA) is 72.7 Å². The lowest BCUT2D eigenvalue weighted by Gasteiger charge is -2.09. The number of ether oxygens (including phenoxy) is 1. The van der Waals surface area contributed by atoms with Gasteiger partial charge in [0, 0.05) is 19.2 Å². The van der Waals surface area contributed by atoms with Gasteiger partial charge in [0.15, 0.2) is 0 Å². The van der Waals surface area contributed by atoms with Gasteiger partial charge < -0.3 is 9.64 Å². The normalized spacial score (nSPS) is 16.9. The smallest absolute Gasteiger partial charge is 0.344 e. The summed E-state index contributed by atoms with van der Waals surface area (Å²) in [5, 5.41) is 11.0. The van der Waals surface area contributed by atoms with E-state index in [0.717, 1.165) is 37.7 Å². The average molecular weight is 272 g/mol. The van der Waals surface area contributed by atoms with Gasteiger partial charge in [0.25, 0.3) is 5.70 Å². The lowest BCUT2D eigenvalue weighted by Crippen LogP contribution is -2.14. The summed E-state index contributed by atoms with van der Waals surface area (Å²) in [5.41, 5.74) is -0.0911. The molecule has 0 aromatic heterocycles. The summed E-state index contributed by atoms with van der Waals surface area (Å²) in [6, 6.07) is 0. The maximum atomic E-state index is 11.4. The zero-order valence-corrected chi connectivity index (χ0v) is 11.2. The van der Waals surface area contributed by atoms with E-state index in [9.17, 15) is 14.9 Å². The Bertz CT molecular complexity index is 387. The van der Waals surface area contributed by atoms with Crippen LogP contribution in [0.3, 0.4) is 0 Å². The fourth-order valence-electron chi connectivity index (χ4n) is 1.63. The number of esters is 1. The van der Waals surface area contributed by atoms with Crippen LogP contribution in [0.15, 0.2) is 22.9 Å². The van der Waals surface area contributed by atoms with E-state index in [0.29, 0.717) is 0 Å². The van der Waals surface area contributed by atoms with Crippen molar-refractivity contribution in [2.24, 2.45) is 0 Å². The largest absolute Gasteiger partial charge is 0.465 e. The number of thioether (sulfide) groups is 1. The minimum Gasteiger partial charge on any atom is -0.465 e. The van der Waals surface area contributed by atoms with Crippen LogP contribution in [0.4, 0.5) is 0 Å². The van der Waals surface area contributed by atoms with Crippen molar-refractivity contribution in [2.75, 3.05) is 26.5 Å². The SMILES string of the molecule is COC(=O)/C(=C/C(=C\N1CCCC1)[N+](=O)[O-])SC. The molecule has 0 atom stereocenters. The number of methoxy groups -OCH3 is 1. The van der Waals surface area contributed by atoms with E-state index in [1.165, 1.54) is 19.4 Å². The average Bonchev–Trinajstić information content (AvgIpc) is 2.86. The van der Waals surface area contributed by atoms with Gasteiger partial charge in [-0.3, -0.25) is 10.1 Å². The van der Waals surface area contributed by atoms with Gasteiger partial charge in [-0.1, -0.05) is 0 Å². The molecule has 0 aromatic carbocycles. The third-order valence-corrected chi connectivity index (χ3v) is 3.28. The van der Waals surface area contributed by atoms with Crippen LogP contribution >= 0.6 is 11.8 Å². The predicted molar refractivity (Wildman–Crippen MR) is 69.5 cm³/mol. The van der Waals surface area contributed by atoms with E-state index in [4.69, 9.17) is 0 Å². The van der Waals surface area contributed by atoms with E-state index >= 15 is 0 Å². The molecule has 1 aliphatic heterocycles. The highest BCUT2D eigenvalue weighted by atomic mass is 32.2. The van der Waals surface area contributed by atoms with Crippen LogP contribution in [0.2, 0.25) is 0 Å². The molecule has 0 radical (unpaired) electrons. The van der Waals surface area contributed by atoms with Crippen LogP contribution < -0.4 is 0 Å². The van der Waals surface area contributed by atoms with Crippen molar-refractivity contribution in [1.82, 2.24) is 4.90 Å². The molecule has 0 saturated carbocycles. The second-order valence-electron chi connectivity index (χ2n) is 3.76. The highest BCUT2D eigenvalue weighted by Gasteiger charge is 2.17. The molecule has 1 heterocycles. The molecule has 1 fully saturated rings. The summed E-state index contributed by atoms with van der Waals surface area (Å²) in [5.74, 6) is -0.559. The van der Waals surface area contributed by atoms with Crippen LogP contribution in [-0.4, -0.2) is 42.2 Å². The Kier molecular flexibility index (Phi) is 5.70. The second-order valence-corrected chi connectivity index (χ2v) is 4.61. The molecule has 1 rings (SSSR count). The van der Waals surface area contributed by atoms with Crippen molar-refractivity contribution in [3.63, 3.8) is 0 Å². The number of nitro groups is 1. The number of allylic oxidation sites excluding steroid dienone is 1. The van der Waals surface area contributed by atoms with Gasteiger partial charge in [0.05, 0.1) is 23.1 Å². The molecule has 0 aliphatic carbocycles. The van der Waals surface area contributed by atoms with Crippen LogP contribution in [-0.2, 0) is 9.53 Å². The molecule has 1 saturated heterocycles. The second kappa shape index (κ2) is 7.05.